The number of nitrogens with zero attached hydrogens (tertiary/aromatic N) is 2. The van der Waals surface area contributed by atoms with Crippen molar-refractivity contribution in [3.05, 3.63) is 75.3 Å². The van der Waals surface area contributed by atoms with Crippen molar-refractivity contribution in [1.82, 2.24) is 4.90 Å². The highest BCUT2D eigenvalue weighted by Crippen LogP contribution is 2.29. The lowest BCUT2D eigenvalue weighted by atomic mass is 9.93. The summed E-state index contributed by atoms with van der Waals surface area (Å²) in [6.07, 6.45) is 2.02. The molecule has 0 saturated carbocycles. The first-order chi connectivity index (χ1) is 10.6. The third-order valence-electron chi connectivity index (χ3n) is 4.56. The van der Waals surface area contributed by atoms with E-state index in [0.717, 1.165) is 31.5 Å². The van der Waals surface area contributed by atoms with Crippen LogP contribution < -0.4 is 0 Å². The highest BCUT2D eigenvalue weighted by molar-refractivity contribution is 5.85. The maximum Gasteiger partial charge on any atom is 0.269 e. The van der Waals surface area contributed by atoms with E-state index in [0.29, 0.717) is 6.04 Å². The summed E-state index contributed by atoms with van der Waals surface area (Å²) >= 11 is 0. The molecule has 0 aliphatic carbocycles. The maximum absolute atomic E-state index is 10.7. The van der Waals surface area contributed by atoms with Crippen LogP contribution in [0.4, 0.5) is 5.69 Å². The molecule has 0 radical (unpaired) electrons. The van der Waals surface area contributed by atoms with Gasteiger partial charge in [-0.15, -0.1) is 12.4 Å². The van der Waals surface area contributed by atoms with Crippen LogP contribution in [0.25, 0.3) is 0 Å². The molecule has 3 rings (SSSR count). The third kappa shape index (κ3) is 3.89. The fourth-order valence-corrected chi connectivity index (χ4v) is 3.19. The van der Waals surface area contributed by atoms with Crippen LogP contribution in [-0.2, 0) is 12.8 Å². The Kier molecular flexibility index (Phi) is 5.74. The zero-order valence-electron chi connectivity index (χ0n) is 13.1. The largest absolute Gasteiger partial charge is 0.296 e. The minimum Gasteiger partial charge on any atom is -0.296 e. The number of hydrogen-bond donors (Lipinski definition) is 0. The Hall–Kier alpha value is -1.91. The van der Waals surface area contributed by atoms with Crippen LogP contribution in [0.2, 0.25) is 0 Å². The van der Waals surface area contributed by atoms with Gasteiger partial charge in [-0.05, 0) is 36.5 Å². The molecule has 2 aromatic carbocycles. The van der Waals surface area contributed by atoms with Crippen LogP contribution in [0.1, 0.15) is 29.7 Å². The first-order valence-corrected chi connectivity index (χ1v) is 7.70. The normalized spacial score (nSPS) is 17.2. The molecule has 1 aliphatic heterocycles. The highest BCUT2D eigenvalue weighted by atomic mass is 35.5. The van der Waals surface area contributed by atoms with Gasteiger partial charge >= 0.3 is 0 Å². The van der Waals surface area contributed by atoms with Crippen molar-refractivity contribution < 1.29 is 4.92 Å². The van der Waals surface area contributed by atoms with Crippen LogP contribution >= 0.6 is 12.4 Å². The Morgan fingerprint density at radius 3 is 2.57 bits per heavy atom. The fourth-order valence-electron chi connectivity index (χ4n) is 3.19. The molecule has 1 aliphatic rings. The first-order valence-electron chi connectivity index (χ1n) is 7.70. The summed E-state index contributed by atoms with van der Waals surface area (Å²) in [7, 11) is 0. The van der Waals surface area contributed by atoms with Crippen LogP contribution in [0.5, 0.6) is 0 Å². The summed E-state index contributed by atoms with van der Waals surface area (Å²) in [5.41, 5.74) is 4.19. The quantitative estimate of drug-likeness (QED) is 0.623. The van der Waals surface area contributed by atoms with E-state index in [2.05, 4.69) is 36.1 Å². The maximum atomic E-state index is 10.7. The lowest BCUT2D eigenvalue weighted by molar-refractivity contribution is -0.384. The number of nitro benzene ring substituents is 1. The topological polar surface area (TPSA) is 46.4 Å². The Labute approximate surface area is 142 Å². The molecular weight excluding hydrogens is 312 g/mol. The first kappa shape index (κ1) is 17.4. The van der Waals surface area contributed by atoms with E-state index in [9.17, 15) is 10.1 Å². The zero-order valence-corrected chi connectivity index (χ0v) is 14.0. The number of benzene rings is 2. The molecule has 0 bridgehead atoms. The molecule has 0 fully saturated rings. The molecule has 0 N–H and O–H groups in total. The second kappa shape index (κ2) is 7.57. The minimum absolute atomic E-state index is 0. The van der Waals surface area contributed by atoms with E-state index in [1.165, 1.54) is 11.1 Å². The minimum atomic E-state index is -0.354. The predicted octanol–water partition coefficient (Wildman–Crippen LogP) is 4.18. The van der Waals surface area contributed by atoms with Crippen molar-refractivity contribution in [3.8, 4) is 0 Å². The Balaban J connectivity index is 0.00000192. The summed E-state index contributed by atoms with van der Waals surface area (Å²) < 4.78 is 0. The molecule has 1 unspecified atom stereocenters. The number of non-ortho nitro benzene ring substituents is 1. The summed E-state index contributed by atoms with van der Waals surface area (Å²) in [5, 5.41) is 10.7. The van der Waals surface area contributed by atoms with Gasteiger partial charge < -0.3 is 0 Å². The molecule has 1 heterocycles. The van der Waals surface area contributed by atoms with Crippen molar-refractivity contribution >= 4 is 18.1 Å². The summed E-state index contributed by atoms with van der Waals surface area (Å²) in [6.45, 7) is 4.31. The van der Waals surface area contributed by atoms with E-state index in [1.807, 2.05) is 12.1 Å². The van der Waals surface area contributed by atoms with Gasteiger partial charge in [-0.25, -0.2) is 0 Å². The van der Waals surface area contributed by atoms with E-state index in [1.54, 1.807) is 12.1 Å². The smallest absolute Gasteiger partial charge is 0.269 e. The molecule has 0 aromatic heterocycles. The van der Waals surface area contributed by atoms with Crippen LogP contribution in [-0.4, -0.2) is 22.9 Å². The van der Waals surface area contributed by atoms with Gasteiger partial charge in [0.05, 0.1) is 4.92 Å². The molecule has 23 heavy (non-hydrogen) atoms. The van der Waals surface area contributed by atoms with Crippen LogP contribution in [0.3, 0.4) is 0 Å². The van der Waals surface area contributed by atoms with E-state index < -0.39 is 0 Å². The second-order valence-electron chi connectivity index (χ2n) is 5.83. The van der Waals surface area contributed by atoms with Crippen molar-refractivity contribution in [3.63, 3.8) is 0 Å². The van der Waals surface area contributed by atoms with E-state index in [4.69, 9.17) is 0 Å². The van der Waals surface area contributed by atoms with Crippen LogP contribution in [0.15, 0.2) is 48.5 Å². The van der Waals surface area contributed by atoms with Gasteiger partial charge in [-0.2, -0.15) is 0 Å². The van der Waals surface area contributed by atoms with Gasteiger partial charge in [0, 0.05) is 31.3 Å². The lowest BCUT2D eigenvalue weighted by Gasteiger charge is -2.35. The summed E-state index contributed by atoms with van der Waals surface area (Å²) in [4.78, 5) is 12.8. The summed E-state index contributed by atoms with van der Waals surface area (Å²) in [5.74, 6) is 0. The van der Waals surface area contributed by atoms with Gasteiger partial charge in [-0.1, -0.05) is 36.4 Å². The Bertz CT molecular complexity index is 673. The third-order valence-corrected chi connectivity index (χ3v) is 4.56. The molecule has 0 amide bonds. The summed E-state index contributed by atoms with van der Waals surface area (Å²) in [6, 6.07) is 16.0. The number of hydrogen-bond acceptors (Lipinski definition) is 3. The number of rotatable bonds is 4. The molecular formula is C18H21ClN2O2. The van der Waals surface area contributed by atoms with Crippen molar-refractivity contribution in [1.29, 1.82) is 0 Å². The van der Waals surface area contributed by atoms with E-state index >= 15 is 0 Å². The van der Waals surface area contributed by atoms with Crippen molar-refractivity contribution in [2.75, 3.05) is 13.1 Å². The SMILES string of the molecule is CC1c2ccccc2CCN1CCc1ccc([N+](=O)[O-])cc1.Cl. The van der Waals surface area contributed by atoms with Crippen molar-refractivity contribution in [2.24, 2.45) is 0 Å². The van der Waals surface area contributed by atoms with Gasteiger partial charge in [0.1, 0.15) is 0 Å². The van der Waals surface area contributed by atoms with E-state index in [-0.39, 0.29) is 23.0 Å². The van der Waals surface area contributed by atoms with Gasteiger partial charge in [0.25, 0.3) is 5.69 Å². The number of halogens is 1. The number of nitro groups is 1. The lowest BCUT2D eigenvalue weighted by Crippen LogP contribution is -2.35. The standard InChI is InChI=1S/C18H20N2O2.ClH/c1-14-18-5-3-2-4-16(18)11-13-19(14)12-10-15-6-8-17(9-7-15)20(21)22;/h2-9,14H,10-13H2,1H3;1H. The monoisotopic (exact) mass is 332 g/mol. The number of fused-ring (bicyclic) bond motifs is 1. The second-order valence-corrected chi connectivity index (χ2v) is 5.83. The van der Waals surface area contributed by atoms with Gasteiger partial charge in [-0.3, -0.25) is 15.0 Å². The fraction of sp³-hybridized carbons (Fsp3) is 0.333. The molecule has 1 atom stereocenters. The molecule has 0 saturated heterocycles. The van der Waals surface area contributed by atoms with Crippen LogP contribution in [0, 0.1) is 10.1 Å². The molecule has 122 valence electrons. The van der Waals surface area contributed by atoms with Gasteiger partial charge in [0.2, 0.25) is 0 Å². The molecule has 5 heteroatoms. The van der Waals surface area contributed by atoms with Crippen molar-refractivity contribution in [2.45, 2.75) is 25.8 Å². The molecule has 0 spiro atoms. The zero-order chi connectivity index (χ0) is 15.5. The van der Waals surface area contributed by atoms with Gasteiger partial charge in [0.15, 0.2) is 0 Å². The Morgan fingerprint density at radius 2 is 1.87 bits per heavy atom. The average Bonchev–Trinajstić information content (AvgIpc) is 2.55. The molecule has 2 aromatic rings. The predicted molar refractivity (Wildman–Crippen MR) is 94.2 cm³/mol. The average molecular weight is 333 g/mol. The highest BCUT2D eigenvalue weighted by Gasteiger charge is 2.22. The Morgan fingerprint density at radius 1 is 1.17 bits per heavy atom. The molecule has 4 nitrogen and oxygen atoms in total.